The molecule has 4 nitrogen and oxygen atoms in total. The first-order chi connectivity index (χ1) is 6.51. The van der Waals surface area contributed by atoms with Crippen LogP contribution >= 0.6 is 23.5 Å². The van der Waals surface area contributed by atoms with E-state index in [9.17, 15) is 9.36 Å². The largest absolute Gasteiger partial charge is 0.351 e. The van der Waals surface area contributed by atoms with Gasteiger partial charge in [0, 0.05) is 6.42 Å². The lowest BCUT2D eigenvalue weighted by molar-refractivity contribution is -0.117. The minimum Gasteiger partial charge on any atom is -0.308 e. The quantitative estimate of drug-likeness (QED) is 0.533. The van der Waals surface area contributed by atoms with Crippen molar-refractivity contribution in [1.29, 1.82) is 0 Å². The Hall–Kier alpha value is 0.300. The van der Waals surface area contributed by atoms with E-state index in [1.54, 1.807) is 20.8 Å². The van der Waals surface area contributed by atoms with Gasteiger partial charge in [0.1, 0.15) is 0 Å². The standard InChI is InChI=1S/C8H16BrO4P/c1-4-7(10)8(9)14(11,12-5-2)13-6-3/h8H,4-6H2,1-3H3. The fourth-order valence-electron chi connectivity index (χ4n) is 0.873. The molecule has 0 aromatic rings. The molecule has 1 unspecified atom stereocenters. The second-order valence-corrected chi connectivity index (χ2v) is 6.27. The molecule has 0 amide bonds. The number of hydrogen-bond acceptors (Lipinski definition) is 4. The minimum absolute atomic E-state index is 0.171. The molecule has 84 valence electrons. The van der Waals surface area contributed by atoms with Crippen molar-refractivity contribution in [1.82, 2.24) is 0 Å². The lowest BCUT2D eigenvalue weighted by Crippen LogP contribution is -2.16. The zero-order chi connectivity index (χ0) is 11.2. The summed E-state index contributed by atoms with van der Waals surface area (Å²) in [5.41, 5.74) is 0. The van der Waals surface area contributed by atoms with Gasteiger partial charge in [-0.2, -0.15) is 0 Å². The zero-order valence-corrected chi connectivity index (χ0v) is 11.1. The lowest BCUT2D eigenvalue weighted by atomic mass is 10.4. The van der Waals surface area contributed by atoms with Crippen LogP contribution < -0.4 is 0 Å². The first-order valence-electron chi connectivity index (χ1n) is 4.57. The van der Waals surface area contributed by atoms with E-state index in [4.69, 9.17) is 9.05 Å². The average Bonchev–Trinajstić information content (AvgIpc) is 2.16. The molecular weight excluding hydrogens is 271 g/mol. The van der Waals surface area contributed by atoms with Gasteiger partial charge in [-0.25, -0.2) is 0 Å². The molecule has 0 aliphatic carbocycles. The van der Waals surface area contributed by atoms with E-state index >= 15 is 0 Å². The maximum absolute atomic E-state index is 12.0. The molecule has 0 saturated carbocycles. The van der Waals surface area contributed by atoms with Gasteiger partial charge in [-0.15, -0.1) is 0 Å². The minimum atomic E-state index is -3.32. The third-order valence-electron chi connectivity index (χ3n) is 1.51. The van der Waals surface area contributed by atoms with E-state index in [0.717, 1.165) is 0 Å². The molecule has 0 saturated heterocycles. The predicted molar refractivity (Wildman–Crippen MR) is 58.9 cm³/mol. The van der Waals surface area contributed by atoms with Crippen molar-refractivity contribution in [2.45, 2.75) is 31.8 Å². The van der Waals surface area contributed by atoms with Crippen LogP contribution in [0.2, 0.25) is 0 Å². The lowest BCUT2D eigenvalue weighted by Gasteiger charge is -2.20. The van der Waals surface area contributed by atoms with Gasteiger partial charge >= 0.3 is 7.60 Å². The molecule has 0 N–H and O–H groups in total. The number of ketones is 1. The van der Waals surface area contributed by atoms with Crippen LogP contribution in [0.25, 0.3) is 0 Å². The normalized spacial score (nSPS) is 14.0. The van der Waals surface area contributed by atoms with E-state index in [1.165, 1.54) is 0 Å². The highest BCUT2D eigenvalue weighted by atomic mass is 79.9. The summed E-state index contributed by atoms with van der Waals surface area (Å²) in [7, 11) is -3.32. The number of alkyl halides is 1. The fourth-order valence-corrected chi connectivity index (χ4v) is 3.50. The SMILES string of the molecule is CCOP(=O)(OCC)C(Br)C(=O)CC. The topological polar surface area (TPSA) is 52.6 Å². The first kappa shape index (κ1) is 14.3. The predicted octanol–water partition coefficient (Wildman–Crippen LogP) is 2.95. The van der Waals surface area contributed by atoms with E-state index in [2.05, 4.69) is 15.9 Å². The molecule has 14 heavy (non-hydrogen) atoms. The molecule has 0 aromatic carbocycles. The third-order valence-corrected chi connectivity index (χ3v) is 5.60. The molecule has 0 spiro atoms. The summed E-state index contributed by atoms with van der Waals surface area (Å²) in [6.45, 7) is 5.65. The van der Waals surface area contributed by atoms with Crippen molar-refractivity contribution in [2.75, 3.05) is 13.2 Å². The number of carbonyl (C=O) groups excluding carboxylic acids is 1. The zero-order valence-electron chi connectivity index (χ0n) is 8.66. The van der Waals surface area contributed by atoms with Crippen LogP contribution in [0.15, 0.2) is 0 Å². The highest BCUT2D eigenvalue weighted by Crippen LogP contribution is 2.55. The summed E-state index contributed by atoms with van der Waals surface area (Å²) in [5, 5.41) is 0. The number of halogens is 1. The molecule has 0 aliphatic heterocycles. The number of carbonyl (C=O) groups is 1. The molecule has 0 fully saturated rings. The summed E-state index contributed by atoms with van der Waals surface area (Å²) in [6, 6.07) is 0. The summed E-state index contributed by atoms with van der Waals surface area (Å²) in [5.74, 6) is -0.171. The van der Waals surface area contributed by atoms with E-state index in [-0.39, 0.29) is 19.0 Å². The maximum Gasteiger partial charge on any atom is 0.351 e. The summed E-state index contributed by atoms with van der Waals surface area (Å²) < 4.78 is 21.2. The van der Waals surface area contributed by atoms with Crippen LogP contribution in [0, 0.1) is 0 Å². The Balaban J connectivity index is 4.63. The van der Waals surface area contributed by atoms with E-state index < -0.39 is 12.2 Å². The van der Waals surface area contributed by atoms with Crippen LogP contribution in [0.5, 0.6) is 0 Å². The van der Waals surface area contributed by atoms with Gasteiger partial charge in [0.15, 0.2) is 10.4 Å². The average molecular weight is 287 g/mol. The number of hydrogen-bond donors (Lipinski definition) is 0. The third kappa shape index (κ3) is 3.81. The van der Waals surface area contributed by atoms with Crippen molar-refractivity contribution in [2.24, 2.45) is 0 Å². The second-order valence-electron chi connectivity index (χ2n) is 2.53. The Labute approximate surface area is 93.0 Å². The number of Topliss-reactive ketones (excluding diaryl/α,β-unsaturated/α-hetero) is 1. The second kappa shape index (κ2) is 6.72. The smallest absolute Gasteiger partial charge is 0.308 e. The molecule has 0 aromatic heterocycles. The van der Waals surface area contributed by atoms with Crippen LogP contribution in [0.1, 0.15) is 27.2 Å². The van der Waals surface area contributed by atoms with Gasteiger partial charge in [0.2, 0.25) is 0 Å². The van der Waals surface area contributed by atoms with Crippen LogP contribution in [-0.4, -0.2) is 23.6 Å². The molecule has 6 heteroatoms. The van der Waals surface area contributed by atoms with Crippen molar-refractivity contribution in [3.8, 4) is 0 Å². The monoisotopic (exact) mass is 286 g/mol. The van der Waals surface area contributed by atoms with Crippen LogP contribution in [0.3, 0.4) is 0 Å². The molecule has 1 atom stereocenters. The summed E-state index contributed by atoms with van der Waals surface area (Å²) >= 11 is 3.07. The molecule has 0 aliphatic rings. The van der Waals surface area contributed by atoms with Crippen molar-refractivity contribution in [3.63, 3.8) is 0 Å². The van der Waals surface area contributed by atoms with Crippen LogP contribution in [-0.2, 0) is 18.4 Å². The Morgan fingerprint density at radius 3 is 2.00 bits per heavy atom. The van der Waals surface area contributed by atoms with Gasteiger partial charge in [0.05, 0.1) is 13.2 Å². The molecular formula is C8H16BrO4P. The van der Waals surface area contributed by atoms with Crippen LogP contribution in [0.4, 0.5) is 0 Å². The Morgan fingerprint density at radius 1 is 1.29 bits per heavy atom. The maximum atomic E-state index is 12.0. The molecule has 0 heterocycles. The van der Waals surface area contributed by atoms with Crippen molar-refractivity contribution >= 4 is 29.3 Å². The van der Waals surface area contributed by atoms with E-state index in [0.29, 0.717) is 6.42 Å². The van der Waals surface area contributed by atoms with E-state index in [1.807, 2.05) is 0 Å². The highest BCUT2D eigenvalue weighted by molar-refractivity contribution is 9.11. The summed E-state index contributed by atoms with van der Waals surface area (Å²) in [6.07, 6.45) is 0.306. The van der Waals surface area contributed by atoms with Gasteiger partial charge < -0.3 is 9.05 Å². The molecule has 0 bridgehead atoms. The summed E-state index contributed by atoms with van der Waals surface area (Å²) in [4.78, 5) is 11.3. The van der Waals surface area contributed by atoms with Gasteiger partial charge in [0.25, 0.3) is 0 Å². The Morgan fingerprint density at radius 2 is 1.71 bits per heavy atom. The highest BCUT2D eigenvalue weighted by Gasteiger charge is 2.37. The fraction of sp³-hybridized carbons (Fsp3) is 0.875. The Kier molecular flexibility index (Phi) is 6.87. The number of rotatable bonds is 7. The molecule has 0 rings (SSSR count). The van der Waals surface area contributed by atoms with Gasteiger partial charge in [-0.05, 0) is 13.8 Å². The first-order valence-corrected chi connectivity index (χ1v) is 7.10. The van der Waals surface area contributed by atoms with Gasteiger partial charge in [-0.3, -0.25) is 9.36 Å². The van der Waals surface area contributed by atoms with Crippen molar-refractivity contribution < 1.29 is 18.4 Å². The van der Waals surface area contributed by atoms with Crippen molar-refractivity contribution in [3.05, 3.63) is 0 Å². The van der Waals surface area contributed by atoms with Gasteiger partial charge in [-0.1, -0.05) is 22.9 Å². The molecule has 0 radical (unpaired) electrons. The Bertz CT molecular complexity index is 221.